The van der Waals surface area contributed by atoms with Gasteiger partial charge in [-0.2, -0.15) is 0 Å². The fourth-order valence-electron chi connectivity index (χ4n) is 2.77. The quantitative estimate of drug-likeness (QED) is 0.553. The molecule has 0 bridgehead atoms. The number of carbonyl (C=O) groups excluding carboxylic acids is 3. The Kier molecular flexibility index (Phi) is 8.72. The molecule has 0 saturated carbocycles. The van der Waals surface area contributed by atoms with Gasteiger partial charge >= 0.3 is 0 Å². The fraction of sp³-hybridized carbons (Fsp3) is 0.318. The van der Waals surface area contributed by atoms with Gasteiger partial charge in [0.15, 0.2) is 0 Å². The SMILES string of the molecule is CC(=O)NCCCCCC(=O)NC(C(=O)Nc1ccccc1)c1ccccc1. The fourth-order valence-corrected chi connectivity index (χ4v) is 2.77. The highest BCUT2D eigenvalue weighted by Gasteiger charge is 2.22. The maximum absolute atomic E-state index is 12.8. The summed E-state index contributed by atoms with van der Waals surface area (Å²) in [5.74, 6) is -0.499. The van der Waals surface area contributed by atoms with Crippen LogP contribution in [0.4, 0.5) is 5.69 Å². The Bertz CT molecular complexity index is 763. The van der Waals surface area contributed by atoms with E-state index in [1.165, 1.54) is 6.92 Å². The Morgan fingerprint density at radius 2 is 1.50 bits per heavy atom. The second-order valence-electron chi connectivity index (χ2n) is 6.56. The standard InChI is InChI=1S/C22H27N3O3/c1-17(26)23-16-10-4-9-15-20(27)25-21(18-11-5-2-6-12-18)22(28)24-19-13-7-3-8-14-19/h2-3,5-8,11-14,21H,4,9-10,15-16H2,1H3,(H,23,26)(H,24,28)(H,25,27). The maximum atomic E-state index is 12.8. The van der Waals surface area contributed by atoms with Crippen molar-refractivity contribution in [3.05, 3.63) is 66.2 Å². The Labute approximate surface area is 165 Å². The monoisotopic (exact) mass is 381 g/mol. The van der Waals surface area contributed by atoms with Crippen molar-refractivity contribution in [3.8, 4) is 0 Å². The van der Waals surface area contributed by atoms with Crippen LogP contribution < -0.4 is 16.0 Å². The van der Waals surface area contributed by atoms with Crippen LogP contribution in [-0.2, 0) is 14.4 Å². The van der Waals surface area contributed by atoms with Crippen LogP contribution in [0.25, 0.3) is 0 Å². The van der Waals surface area contributed by atoms with Gasteiger partial charge in [-0.05, 0) is 30.5 Å². The molecule has 0 aliphatic carbocycles. The van der Waals surface area contributed by atoms with Crippen LogP contribution in [0.2, 0.25) is 0 Å². The van der Waals surface area contributed by atoms with E-state index < -0.39 is 6.04 Å². The normalized spacial score (nSPS) is 11.3. The number of rotatable bonds is 10. The van der Waals surface area contributed by atoms with Gasteiger partial charge < -0.3 is 16.0 Å². The lowest BCUT2D eigenvalue weighted by atomic mass is 10.1. The molecule has 2 rings (SSSR count). The van der Waals surface area contributed by atoms with E-state index in [2.05, 4.69) is 16.0 Å². The van der Waals surface area contributed by atoms with Gasteiger partial charge in [-0.1, -0.05) is 55.0 Å². The van der Waals surface area contributed by atoms with Crippen LogP contribution >= 0.6 is 0 Å². The molecule has 0 fully saturated rings. The number of anilines is 1. The van der Waals surface area contributed by atoms with Gasteiger partial charge in [-0.15, -0.1) is 0 Å². The molecule has 6 heteroatoms. The highest BCUT2D eigenvalue weighted by atomic mass is 16.2. The van der Waals surface area contributed by atoms with Crippen LogP contribution in [0, 0.1) is 0 Å². The summed E-state index contributed by atoms with van der Waals surface area (Å²) in [7, 11) is 0. The molecule has 0 heterocycles. The summed E-state index contributed by atoms with van der Waals surface area (Å²) in [6, 6.07) is 17.6. The first-order chi connectivity index (χ1) is 13.6. The molecule has 2 aromatic carbocycles. The van der Waals surface area contributed by atoms with Crippen LogP contribution in [-0.4, -0.2) is 24.3 Å². The lowest BCUT2D eigenvalue weighted by Crippen LogP contribution is -2.36. The van der Waals surface area contributed by atoms with Crippen LogP contribution in [0.3, 0.4) is 0 Å². The zero-order valence-electron chi connectivity index (χ0n) is 16.1. The van der Waals surface area contributed by atoms with Crippen LogP contribution in [0.1, 0.15) is 44.2 Å². The summed E-state index contributed by atoms with van der Waals surface area (Å²) in [4.78, 5) is 35.9. The van der Waals surface area contributed by atoms with Crippen molar-refractivity contribution in [2.45, 2.75) is 38.6 Å². The first-order valence-electron chi connectivity index (χ1n) is 9.51. The Balaban J connectivity index is 1.90. The van der Waals surface area contributed by atoms with E-state index in [4.69, 9.17) is 0 Å². The van der Waals surface area contributed by atoms with Crippen LogP contribution in [0.15, 0.2) is 60.7 Å². The second kappa shape index (κ2) is 11.5. The van der Waals surface area contributed by atoms with Crippen molar-refractivity contribution >= 4 is 23.4 Å². The molecule has 3 N–H and O–H groups in total. The van der Waals surface area contributed by atoms with Crippen molar-refractivity contribution in [1.29, 1.82) is 0 Å². The zero-order valence-corrected chi connectivity index (χ0v) is 16.1. The van der Waals surface area contributed by atoms with Crippen molar-refractivity contribution in [3.63, 3.8) is 0 Å². The molecule has 1 unspecified atom stereocenters. The average molecular weight is 381 g/mol. The largest absolute Gasteiger partial charge is 0.356 e. The third-order valence-corrected chi connectivity index (χ3v) is 4.20. The number of unbranched alkanes of at least 4 members (excludes halogenated alkanes) is 2. The lowest BCUT2D eigenvalue weighted by Gasteiger charge is -2.19. The topological polar surface area (TPSA) is 87.3 Å². The van der Waals surface area contributed by atoms with Gasteiger partial charge in [0.1, 0.15) is 6.04 Å². The maximum Gasteiger partial charge on any atom is 0.251 e. The predicted molar refractivity (Wildman–Crippen MR) is 110 cm³/mol. The summed E-state index contributed by atoms with van der Waals surface area (Å²) >= 11 is 0. The van der Waals surface area contributed by atoms with Gasteiger partial charge in [0.05, 0.1) is 0 Å². The van der Waals surface area contributed by atoms with Gasteiger partial charge in [0.25, 0.3) is 5.91 Å². The first-order valence-corrected chi connectivity index (χ1v) is 9.51. The predicted octanol–water partition coefficient (Wildman–Crippen LogP) is 3.18. The minimum Gasteiger partial charge on any atom is -0.356 e. The Hall–Kier alpha value is -3.15. The minimum atomic E-state index is -0.756. The van der Waals surface area contributed by atoms with E-state index in [0.717, 1.165) is 18.4 Å². The summed E-state index contributed by atoms with van der Waals surface area (Å²) in [5.41, 5.74) is 1.41. The highest BCUT2D eigenvalue weighted by molar-refractivity contribution is 5.97. The van der Waals surface area contributed by atoms with Crippen LogP contribution in [0.5, 0.6) is 0 Å². The summed E-state index contributed by atoms with van der Waals surface area (Å²) < 4.78 is 0. The van der Waals surface area contributed by atoms with Crippen molar-refractivity contribution in [2.24, 2.45) is 0 Å². The molecule has 0 radical (unpaired) electrons. The minimum absolute atomic E-state index is 0.0483. The molecular weight excluding hydrogens is 354 g/mol. The number of benzene rings is 2. The number of hydrogen-bond donors (Lipinski definition) is 3. The highest BCUT2D eigenvalue weighted by Crippen LogP contribution is 2.16. The van der Waals surface area contributed by atoms with Gasteiger partial charge in [0, 0.05) is 25.6 Å². The second-order valence-corrected chi connectivity index (χ2v) is 6.56. The molecule has 1 atom stereocenters. The molecule has 0 aromatic heterocycles. The molecule has 2 aromatic rings. The average Bonchev–Trinajstić information content (AvgIpc) is 2.70. The molecule has 148 valence electrons. The van der Waals surface area contributed by atoms with Crippen molar-refractivity contribution < 1.29 is 14.4 Å². The molecule has 0 spiro atoms. The van der Waals surface area contributed by atoms with E-state index in [-0.39, 0.29) is 17.7 Å². The van der Waals surface area contributed by atoms with Gasteiger partial charge in [-0.3, -0.25) is 14.4 Å². The third kappa shape index (κ3) is 7.61. The molecular formula is C22H27N3O3. The molecule has 6 nitrogen and oxygen atoms in total. The number of carbonyl (C=O) groups is 3. The molecule has 28 heavy (non-hydrogen) atoms. The van der Waals surface area contributed by atoms with Gasteiger partial charge in [0.2, 0.25) is 11.8 Å². The van der Waals surface area contributed by atoms with E-state index in [1.807, 2.05) is 48.5 Å². The molecule has 0 aliphatic rings. The smallest absolute Gasteiger partial charge is 0.251 e. The molecule has 0 saturated heterocycles. The zero-order chi connectivity index (χ0) is 20.2. The van der Waals surface area contributed by atoms with Gasteiger partial charge in [-0.25, -0.2) is 0 Å². The third-order valence-electron chi connectivity index (χ3n) is 4.20. The Morgan fingerprint density at radius 1 is 0.857 bits per heavy atom. The number of hydrogen-bond acceptors (Lipinski definition) is 3. The first kappa shape index (κ1) is 21.2. The van der Waals surface area contributed by atoms with E-state index >= 15 is 0 Å². The van der Waals surface area contributed by atoms with Crippen molar-refractivity contribution in [2.75, 3.05) is 11.9 Å². The number of amides is 3. The van der Waals surface area contributed by atoms with Crippen molar-refractivity contribution in [1.82, 2.24) is 10.6 Å². The number of nitrogens with one attached hydrogen (secondary N) is 3. The number of para-hydroxylation sites is 1. The van der Waals surface area contributed by atoms with E-state index in [9.17, 15) is 14.4 Å². The lowest BCUT2D eigenvalue weighted by molar-refractivity contribution is -0.126. The van der Waals surface area contributed by atoms with E-state index in [1.54, 1.807) is 12.1 Å². The summed E-state index contributed by atoms with van der Waals surface area (Å²) in [6.45, 7) is 2.10. The molecule has 0 aliphatic heterocycles. The van der Waals surface area contributed by atoms with E-state index in [0.29, 0.717) is 25.1 Å². The summed E-state index contributed by atoms with van der Waals surface area (Å²) in [6.07, 6.45) is 2.69. The molecule has 3 amide bonds. The Morgan fingerprint density at radius 3 is 2.14 bits per heavy atom. The summed E-state index contributed by atoms with van der Waals surface area (Å²) in [5, 5.41) is 8.42.